The Morgan fingerprint density at radius 3 is 2.80 bits per heavy atom. The fraction of sp³-hybridized carbons (Fsp3) is 0.786. The average molecular weight is 281 g/mol. The SMILES string of the molecule is Cc1c(C(=O)OC(C)(C)C)nnn1CC1CCCCO1. The second kappa shape index (κ2) is 5.91. The van der Waals surface area contributed by atoms with Gasteiger partial charge in [0.1, 0.15) is 5.60 Å². The zero-order valence-electron chi connectivity index (χ0n) is 12.7. The molecule has 0 saturated carbocycles. The van der Waals surface area contributed by atoms with Gasteiger partial charge in [-0.25, -0.2) is 9.48 Å². The van der Waals surface area contributed by atoms with Gasteiger partial charge in [0.15, 0.2) is 5.69 Å². The predicted octanol–water partition coefficient (Wildman–Crippen LogP) is 2.11. The Hall–Kier alpha value is -1.43. The lowest BCUT2D eigenvalue weighted by Crippen LogP contribution is -2.26. The number of carbonyl (C=O) groups is 1. The maximum absolute atomic E-state index is 12.0. The number of carbonyl (C=O) groups excluding carboxylic acids is 1. The Morgan fingerprint density at radius 1 is 1.45 bits per heavy atom. The zero-order valence-corrected chi connectivity index (χ0v) is 12.7. The van der Waals surface area contributed by atoms with Crippen molar-refractivity contribution >= 4 is 5.97 Å². The highest BCUT2D eigenvalue weighted by Crippen LogP contribution is 2.17. The van der Waals surface area contributed by atoms with Crippen LogP contribution in [-0.4, -0.2) is 39.3 Å². The van der Waals surface area contributed by atoms with Gasteiger partial charge < -0.3 is 9.47 Å². The van der Waals surface area contributed by atoms with Crippen LogP contribution >= 0.6 is 0 Å². The Kier molecular flexibility index (Phi) is 4.42. The smallest absolute Gasteiger partial charge is 0.361 e. The average Bonchev–Trinajstić information content (AvgIpc) is 2.70. The maximum atomic E-state index is 12.0. The van der Waals surface area contributed by atoms with Gasteiger partial charge >= 0.3 is 5.97 Å². The first-order chi connectivity index (χ1) is 9.37. The van der Waals surface area contributed by atoms with E-state index in [9.17, 15) is 4.79 Å². The summed E-state index contributed by atoms with van der Waals surface area (Å²) in [6.45, 7) is 8.78. The molecule has 0 N–H and O–H groups in total. The van der Waals surface area contributed by atoms with Gasteiger partial charge in [-0.05, 0) is 47.0 Å². The van der Waals surface area contributed by atoms with Gasteiger partial charge in [-0.3, -0.25) is 0 Å². The van der Waals surface area contributed by atoms with Crippen LogP contribution in [-0.2, 0) is 16.0 Å². The molecule has 0 spiro atoms. The summed E-state index contributed by atoms with van der Waals surface area (Å²) in [6.07, 6.45) is 3.49. The fourth-order valence-corrected chi connectivity index (χ4v) is 2.19. The standard InChI is InChI=1S/C14H23N3O3/c1-10-12(13(18)20-14(2,3)4)15-16-17(10)9-11-7-5-6-8-19-11/h11H,5-9H2,1-4H3. The molecule has 1 aromatic heterocycles. The number of ether oxygens (including phenoxy) is 2. The first-order valence-electron chi connectivity index (χ1n) is 7.12. The topological polar surface area (TPSA) is 66.2 Å². The molecule has 1 aliphatic rings. The molecule has 1 unspecified atom stereocenters. The van der Waals surface area contributed by atoms with Crippen molar-refractivity contribution in [3.63, 3.8) is 0 Å². The Morgan fingerprint density at radius 2 is 2.20 bits per heavy atom. The number of rotatable bonds is 3. The number of hydrogen-bond acceptors (Lipinski definition) is 5. The van der Waals surface area contributed by atoms with E-state index < -0.39 is 11.6 Å². The Balaban J connectivity index is 2.04. The van der Waals surface area contributed by atoms with Crippen LogP contribution in [0.25, 0.3) is 0 Å². The van der Waals surface area contributed by atoms with Gasteiger partial charge in [0.25, 0.3) is 0 Å². The van der Waals surface area contributed by atoms with Gasteiger partial charge in [-0.1, -0.05) is 5.21 Å². The molecule has 6 heteroatoms. The number of nitrogens with zero attached hydrogens (tertiary/aromatic N) is 3. The highest BCUT2D eigenvalue weighted by molar-refractivity contribution is 5.88. The van der Waals surface area contributed by atoms with Crippen molar-refractivity contribution in [3.8, 4) is 0 Å². The normalized spacial score (nSPS) is 19.9. The van der Waals surface area contributed by atoms with E-state index in [0.717, 1.165) is 25.1 Å². The summed E-state index contributed by atoms with van der Waals surface area (Å²) in [5.41, 5.74) is 0.490. The van der Waals surface area contributed by atoms with E-state index in [1.165, 1.54) is 6.42 Å². The molecule has 0 bridgehead atoms. The molecule has 1 aliphatic heterocycles. The highest BCUT2D eigenvalue weighted by atomic mass is 16.6. The van der Waals surface area contributed by atoms with Gasteiger partial charge in [-0.15, -0.1) is 5.10 Å². The van der Waals surface area contributed by atoms with Crippen molar-refractivity contribution in [2.45, 2.75) is 65.2 Å². The molecule has 20 heavy (non-hydrogen) atoms. The van der Waals surface area contributed by atoms with Gasteiger partial charge in [0.2, 0.25) is 0 Å². The van der Waals surface area contributed by atoms with Crippen LogP contribution in [0.5, 0.6) is 0 Å². The van der Waals surface area contributed by atoms with Crippen molar-refractivity contribution in [3.05, 3.63) is 11.4 Å². The van der Waals surface area contributed by atoms with Crippen LogP contribution in [0.15, 0.2) is 0 Å². The lowest BCUT2D eigenvalue weighted by molar-refractivity contribution is 0.00286. The summed E-state index contributed by atoms with van der Waals surface area (Å²) < 4.78 is 12.7. The highest BCUT2D eigenvalue weighted by Gasteiger charge is 2.24. The van der Waals surface area contributed by atoms with Crippen molar-refractivity contribution in [1.82, 2.24) is 15.0 Å². The summed E-state index contributed by atoms with van der Waals surface area (Å²) in [6, 6.07) is 0. The van der Waals surface area contributed by atoms with E-state index >= 15 is 0 Å². The molecular weight excluding hydrogens is 258 g/mol. The van der Waals surface area contributed by atoms with E-state index in [1.807, 2.05) is 27.7 Å². The monoisotopic (exact) mass is 281 g/mol. The van der Waals surface area contributed by atoms with E-state index in [1.54, 1.807) is 4.68 Å². The first kappa shape index (κ1) is 15.0. The van der Waals surface area contributed by atoms with Crippen molar-refractivity contribution in [2.75, 3.05) is 6.61 Å². The largest absolute Gasteiger partial charge is 0.455 e. The molecule has 0 amide bonds. The Labute approximate surface area is 119 Å². The third kappa shape index (κ3) is 3.79. The van der Waals surface area contributed by atoms with Crippen molar-refractivity contribution < 1.29 is 14.3 Å². The second-order valence-electron chi connectivity index (χ2n) is 6.20. The molecular formula is C14H23N3O3. The molecule has 1 saturated heterocycles. The third-order valence-corrected chi connectivity index (χ3v) is 3.23. The lowest BCUT2D eigenvalue weighted by Gasteiger charge is -2.22. The summed E-state index contributed by atoms with van der Waals surface area (Å²) in [5.74, 6) is -0.425. The van der Waals surface area contributed by atoms with Crippen LogP contribution in [0.2, 0.25) is 0 Å². The zero-order chi connectivity index (χ0) is 14.8. The molecule has 6 nitrogen and oxygen atoms in total. The summed E-state index contributed by atoms with van der Waals surface area (Å²) in [5, 5.41) is 7.99. The molecule has 0 radical (unpaired) electrons. The molecule has 0 aromatic carbocycles. The fourth-order valence-electron chi connectivity index (χ4n) is 2.19. The molecule has 1 atom stereocenters. The van der Waals surface area contributed by atoms with Crippen LogP contribution < -0.4 is 0 Å². The molecule has 112 valence electrons. The minimum atomic E-state index is -0.528. The third-order valence-electron chi connectivity index (χ3n) is 3.23. The predicted molar refractivity (Wildman–Crippen MR) is 73.5 cm³/mol. The van der Waals surface area contributed by atoms with Crippen LogP contribution in [0.3, 0.4) is 0 Å². The van der Waals surface area contributed by atoms with E-state index in [4.69, 9.17) is 9.47 Å². The number of aromatic nitrogens is 3. The summed E-state index contributed by atoms with van der Waals surface area (Å²) in [7, 11) is 0. The van der Waals surface area contributed by atoms with Crippen LogP contribution in [0.4, 0.5) is 0 Å². The second-order valence-corrected chi connectivity index (χ2v) is 6.20. The first-order valence-corrected chi connectivity index (χ1v) is 7.12. The van der Waals surface area contributed by atoms with Crippen LogP contribution in [0, 0.1) is 6.92 Å². The molecule has 1 fully saturated rings. The summed E-state index contributed by atoms with van der Waals surface area (Å²) >= 11 is 0. The number of esters is 1. The van der Waals surface area contributed by atoms with Gasteiger partial charge in [-0.2, -0.15) is 0 Å². The maximum Gasteiger partial charge on any atom is 0.361 e. The number of hydrogen-bond donors (Lipinski definition) is 0. The van der Waals surface area contributed by atoms with Gasteiger partial charge in [0, 0.05) is 6.61 Å². The summed E-state index contributed by atoms with van der Waals surface area (Å²) in [4.78, 5) is 12.0. The molecule has 2 rings (SSSR count). The van der Waals surface area contributed by atoms with Crippen molar-refractivity contribution in [2.24, 2.45) is 0 Å². The quantitative estimate of drug-likeness (QED) is 0.794. The van der Waals surface area contributed by atoms with E-state index in [0.29, 0.717) is 6.54 Å². The van der Waals surface area contributed by atoms with E-state index in [2.05, 4.69) is 10.3 Å². The molecule has 1 aromatic rings. The van der Waals surface area contributed by atoms with Crippen LogP contribution in [0.1, 0.15) is 56.2 Å². The van der Waals surface area contributed by atoms with Crippen molar-refractivity contribution in [1.29, 1.82) is 0 Å². The lowest BCUT2D eigenvalue weighted by atomic mass is 10.1. The minimum absolute atomic E-state index is 0.163. The van der Waals surface area contributed by atoms with Gasteiger partial charge in [0.05, 0.1) is 18.3 Å². The molecule has 0 aliphatic carbocycles. The van der Waals surface area contributed by atoms with E-state index in [-0.39, 0.29) is 11.8 Å². The Bertz CT molecular complexity index is 470. The molecule has 2 heterocycles. The minimum Gasteiger partial charge on any atom is -0.455 e.